The molecule has 16 heavy (non-hydrogen) atoms. The lowest BCUT2D eigenvalue weighted by Gasteiger charge is -2.03. The van der Waals surface area contributed by atoms with Crippen molar-refractivity contribution in [3.05, 3.63) is 41.5 Å². The second-order valence-electron chi connectivity index (χ2n) is 4.14. The molecule has 0 aliphatic rings. The van der Waals surface area contributed by atoms with Crippen molar-refractivity contribution in [1.29, 1.82) is 0 Å². The van der Waals surface area contributed by atoms with Gasteiger partial charge in [0.05, 0.1) is 6.61 Å². The summed E-state index contributed by atoms with van der Waals surface area (Å²) in [6.45, 7) is 5.89. The SMILES string of the molecule is COCc1ccc(C=CCNC(C)C)cc1. The van der Waals surface area contributed by atoms with Crippen molar-refractivity contribution in [2.75, 3.05) is 13.7 Å². The van der Waals surface area contributed by atoms with Gasteiger partial charge in [-0.15, -0.1) is 0 Å². The van der Waals surface area contributed by atoms with Crippen molar-refractivity contribution in [2.24, 2.45) is 0 Å². The summed E-state index contributed by atoms with van der Waals surface area (Å²) in [6.07, 6.45) is 4.28. The fourth-order valence-electron chi connectivity index (χ4n) is 1.39. The third-order valence-electron chi connectivity index (χ3n) is 2.24. The smallest absolute Gasteiger partial charge is 0.0713 e. The molecule has 0 heterocycles. The van der Waals surface area contributed by atoms with Crippen LogP contribution in [0.3, 0.4) is 0 Å². The second-order valence-corrected chi connectivity index (χ2v) is 4.14. The Balaban J connectivity index is 2.42. The zero-order chi connectivity index (χ0) is 11.8. The van der Waals surface area contributed by atoms with Crippen molar-refractivity contribution >= 4 is 6.08 Å². The second kappa shape index (κ2) is 7.20. The zero-order valence-corrected chi connectivity index (χ0v) is 10.4. The van der Waals surface area contributed by atoms with E-state index < -0.39 is 0 Å². The molecule has 0 fully saturated rings. The lowest BCUT2D eigenvalue weighted by molar-refractivity contribution is 0.185. The molecule has 0 aliphatic carbocycles. The predicted octanol–water partition coefficient (Wildman–Crippen LogP) is 2.84. The molecule has 0 unspecified atom stereocenters. The summed E-state index contributed by atoms with van der Waals surface area (Å²) in [7, 11) is 1.71. The fraction of sp³-hybridized carbons (Fsp3) is 0.429. The number of benzene rings is 1. The first-order valence-corrected chi connectivity index (χ1v) is 5.70. The van der Waals surface area contributed by atoms with Crippen molar-refractivity contribution in [2.45, 2.75) is 26.5 Å². The molecule has 0 aliphatic heterocycles. The molecule has 0 bridgehead atoms. The Kier molecular flexibility index (Phi) is 5.83. The van der Waals surface area contributed by atoms with E-state index >= 15 is 0 Å². The van der Waals surface area contributed by atoms with E-state index in [1.165, 1.54) is 11.1 Å². The van der Waals surface area contributed by atoms with Crippen LogP contribution in [0.2, 0.25) is 0 Å². The number of methoxy groups -OCH3 is 1. The Morgan fingerprint density at radius 2 is 1.94 bits per heavy atom. The van der Waals surface area contributed by atoms with E-state index in [1.807, 2.05) is 0 Å². The molecule has 1 aromatic carbocycles. The summed E-state index contributed by atoms with van der Waals surface area (Å²) in [4.78, 5) is 0. The predicted molar refractivity (Wildman–Crippen MR) is 69.3 cm³/mol. The van der Waals surface area contributed by atoms with Crippen LogP contribution >= 0.6 is 0 Å². The van der Waals surface area contributed by atoms with Crippen LogP contribution in [0, 0.1) is 0 Å². The van der Waals surface area contributed by atoms with Gasteiger partial charge >= 0.3 is 0 Å². The molecule has 1 rings (SSSR count). The summed E-state index contributed by atoms with van der Waals surface area (Å²) in [5.74, 6) is 0. The molecule has 0 aromatic heterocycles. The van der Waals surface area contributed by atoms with Gasteiger partial charge in [0.1, 0.15) is 0 Å². The molecule has 0 saturated heterocycles. The van der Waals surface area contributed by atoms with E-state index in [1.54, 1.807) is 7.11 Å². The summed E-state index contributed by atoms with van der Waals surface area (Å²) in [6, 6.07) is 8.95. The van der Waals surface area contributed by atoms with Gasteiger partial charge in [-0.3, -0.25) is 0 Å². The maximum absolute atomic E-state index is 5.06. The van der Waals surface area contributed by atoms with Gasteiger partial charge in [-0.05, 0) is 11.1 Å². The number of hydrogen-bond acceptors (Lipinski definition) is 2. The lowest BCUT2D eigenvalue weighted by atomic mass is 10.1. The topological polar surface area (TPSA) is 21.3 Å². The highest BCUT2D eigenvalue weighted by Gasteiger charge is 1.91. The van der Waals surface area contributed by atoms with Gasteiger partial charge in [-0.2, -0.15) is 0 Å². The zero-order valence-electron chi connectivity index (χ0n) is 10.4. The van der Waals surface area contributed by atoms with E-state index in [4.69, 9.17) is 4.74 Å². The van der Waals surface area contributed by atoms with E-state index in [2.05, 4.69) is 55.6 Å². The Labute approximate surface area is 98.3 Å². The molecule has 0 amide bonds. The third kappa shape index (κ3) is 5.10. The average Bonchev–Trinajstić information content (AvgIpc) is 2.27. The highest BCUT2D eigenvalue weighted by Crippen LogP contribution is 2.06. The fourth-order valence-corrected chi connectivity index (χ4v) is 1.39. The summed E-state index contributed by atoms with van der Waals surface area (Å²) >= 11 is 0. The average molecular weight is 219 g/mol. The summed E-state index contributed by atoms with van der Waals surface area (Å²) in [5, 5.41) is 3.34. The highest BCUT2D eigenvalue weighted by atomic mass is 16.5. The first-order valence-electron chi connectivity index (χ1n) is 5.70. The molecule has 88 valence electrons. The largest absolute Gasteiger partial charge is 0.380 e. The Bertz CT molecular complexity index is 314. The Morgan fingerprint density at radius 3 is 2.50 bits per heavy atom. The van der Waals surface area contributed by atoms with Crippen molar-refractivity contribution in [3.63, 3.8) is 0 Å². The molecule has 0 radical (unpaired) electrons. The Hall–Kier alpha value is -1.12. The minimum Gasteiger partial charge on any atom is -0.380 e. The van der Waals surface area contributed by atoms with Gasteiger partial charge in [-0.25, -0.2) is 0 Å². The molecule has 0 atom stereocenters. The van der Waals surface area contributed by atoms with Crippen LogP contribution in [0.1, 0.15) is 25.0 Å². The quantitative estimate of drug-likeness (QED) is 0.794. The molecule has 2 heteroatoms. The van der Waals surface area contributed by atoms with Gasteiger partial charge in [0.2, 0.25) is 0 Å². The van der Waals surface area contributed by atoms with Gasteiger partial charge in [0, 0.05) is 19.7 Å². The van der Waals surface area contributed by atoms with Crippen LogP contribution in [-0.2, 0) is 11.3 Å². The molecule has 2 nitrogen and oxygen atoms in total. The van der Waals surface area contributed by atoms with Crippen LogP contribution in [0.25, 0.3) is 6.08 Å². The van der Waals surface area contributed by atoms with Crippen LogP contribution in [-0.4, -0.2) is 19.7 Å². The first kappa shape index (κ1) is 12.9. The number of ether oxygens (including phenoxy) is 1. The summed E-state index contributed by atoms with van der Waals surface area (Å²) < 4.78 is 5.06. The highest BCUT2D eigenvalue weighted by molar-refractivity contribution is 5.49. The van der Waals surface area contributed by atoms with Crippen LogP contribution in [0.15, 0.2) is 30.3 Å². The van der Waals surface area contributed by atoms with E-state index in [0.717, 1.165) is 6.54 Å². The maximum atomic E-state index is 5.06. The standard InChI is InChI=1S/C14H21NO/c1-12(2)15-10-4-5-13-6-8-14(9-7-13)11-16-3/h4-9,12,15H,10-11H2,1-3H3. The molecule has 1 N–H and O–H groups in total. The van der Waals surface area contributed by atoms with Gasteiger partial charge in [0.15, 0.2) is 0 Å². The van der Waals surface area contributed by atoms with E-state index in [9.17, 15) is 0 Å². The van der Waals surface area contributed by atoms with Crippen LogP contribution < -0.4 is 5.32 Å². The minimum atomic E-state index is 0.536. The first-order chi connectivity index (χ1) is 7.72. The maximum Gasteiger partial charge on any atom is 0.0713 e. The van der Waals surface area contributed by atoms with E-state index in [-0.39, 0.29) is 0 Å². The lowest BCUT2D eigenvalue weighted by Crippen LogP contribution is -2.22. The van der Waals surface area contributed by atoms with Gasteiger partial charge < -0.3 is 10.1 Å². The molecular weight excluding hydrogens is 198 g/mol. The van der Waals surface area contributed by atoms with Crippen LogP contribution in [0.5, 0.6) is 0 Å². The molecule has 1 aromatic rings. The van der Waals surface area contributed by atoms with Gasteiger partial charge in [0.25, 0.3) is 0 Å². The number of hydrogen-bond donors (Lipinski definition) is 1. The molecular formula is C14H21NO. The molecule has 0 spiro atoms. The normalized spacial score (nSPS) is 11.5. The van der Waals surface area contributed by atoms with E-state index in [0.29, 0.717) is 12.6 Å². The van der Waals surface area contributed by atoms with Crippen molar-refractivity contribution in [3.8, 4) is 0 Å². The third-order valence-corrected chi connectivity index (χ3v) is 2.24. The number of nitrogens with one attached hydrogen (secondary N) is 1. The van der Waals surface area contributed by atoms with Crippen molar-refractivity contribution in [1.82, 2.24) is 5.32 Å². The monoisotopic (exact) mass is 219 g/mol. The Morgan fingerprint density at radius 1 is 1.25 bits per heavy atom. The van der Waals surface area contributed by atoms with Crippen LogP contribution in [0.4, 0.5) is 0 Å². The van der Waals surface area contributed by atoms with Crippen molar-refractivity contribution < 1.29 is 4.74 Å². The van der Waals surface area contributed by atoms with Gasteiger partial charge in [-0.1, -0.05) is 50.3 Å². The minimum absolute atomic E-state index is 0.536. The summed E-state index contributed by atoms with van der Waals surface area (Å²) in [5.41, 5.74) is 2.44. The number of rotatable bonds is 6. The molecule has 0 saturated carbocycles.